The lowest BCUT2D eigenvalue weighted by molar-refractivity contribution is 0.0990. The summed E-state index contributed by atoms with van der Waals surface area (Å²) in [5, 5.41) is 4.55. The molecule has 0 aliphatic carbocycles. The highest BCUT2D eigenvalue weighted by Crippen LogP contribution is 2.24. The van der Waals surface area contributed by atoms with E-state index in [1.54, 1.807) is 29.1 Å². The molecule has 0 N–H and O–H groups in total. The highest BCUT2D eigenvalue weighted by molar-refractivity contribution is 6.31. The van der Waals surface area contributed by atoms with Crippen molar-refractivity contribution in [2.45, 2.75) is 6.42 Å². The van der Waals surface area contributed by atoms with E-state index in [2.05, 4.69) is 5.10 Å². The molecule has 4 nitrogen and oxygen atoms in total. The van der Waals surface area contributed by atoms with Gasteiger partial charge in [-0.25, -0.2) is 0 Å². The number of aryl methyl sites for hydroxylation is 1. The van der Waals surface area contributed by atoms with Crippen molar-refractivity contribution < 1.29 is 9.53 Å². The van der Waals surface area contributed by atoms with Crippen LogP contribution in [0.5, 0.6) is 5.75 Å². The van der Waals surface area contributed by atoms with Gasteiger partial charge in [-0.2, -0.15) is 5.10 Å². The van der Waals surface area contributed by atoms with Gasteiger partial charge in [0.15, 0.2) is 5.78 Å². The third-order valence-electron chi connectivity index (χ3n) is 2.58. The van der Waals surface area contributed by atoms with Crippen LogP contribution in [0.3, 0.4) is 0 Å². The molecule has 5 heteroatoms. The number of methoxy groups -OCH3 is 1. The van der Waals surface area contributed by atoms with Crippen LogP contribution >= 0.6 is 11.6 Å². The lowest BCUT2D eigenvalue weighted by Crippen LogP contribution is -2.05. The number of halogens is 1. The second-order valence-electron chi connectivity index (χ2n) is 3.97. The molecular formula is C13H13ClN2O2. The van der Waals surface area contributed by atoms with E-state index in [1.165, 1.54) is 7.11 Å². The van der Waals surface area contributed by atoms with Crippen molar-refractivity contribution in [1.29, 1.82) is 0 Å². The zero-order chi connectivity index (χ0) is 13.1. The number of nitrogens with zero attached hydrogens (tertiary/aromatic N) is 2. The Morgan fingerprint density at radius 1 is 1.50 bits per heavy atom. The molecule has 18 heavy (non-hydrogen) atoms. The van der Waals surface area contributed by atoms with E-state index in [-0.39, 0.29) is 12.2 Å². The minimum Gasteiger partial charge on any atom is -0.496 e. The van der Waals surface area contributed by atoms with E-state index < -0.39 is 0 Å². The van der Waals surface area contributed by atoms with Gasteiger partial charge in [0.2, 0.25) is 0 Å². The summed E-state index contributed by atoms with van der Waals surface area (Å²) in [4.78, 5) is 12.2. The molecule has 2 rings (SSSR count). The minimum atomic E-state index is -0.0395. The summed E-state index contributed by atoms with van der Waals surface area (Å²) in [6.45, 7) is 0. The molecule has 1 aromatic carbocycles. The molecular weight excluding hydrogens is 252 g/mol. The van der Waals surface area contributed by atoms with E-state index in [1.807, 2.05) is 13.2 Å². The number of carbonyl (C=O) groups excluding carboxylic acids is 1. The first-order valence-electron chi connectivity index (χ1n) is 5.44. The molecule has 0 spiro atoms. The average molecular weight is 265 g/mol. The highest BCUT2D eigenvalue weighted by Gasteiger charge is 2.14. The van der Waals surface area contributed by atoms with Crippen molar-refractivity contribution in [2.24, 2.45) is 7.05 Å². The molecule has 0 aliphatic rings. The zero-order valence-corrected chi connectivity index (χ0v) is 10.9. The van der Waals surface area contributed by atoms with E-state index in [0.29, 0.717) is 16.3 Å². The van der Waals surface area contributed by atoms with Gasteiger partial charge in [0.25, 0.3) is 0 Å². The summed E-state index contributed by atoms with van der Waals surface area (Å²) in [7, 11) is 3.35. The van der Waals surface area contributed by atoms with Gasteiger partial charge in [-0.1, -0.05) is 11.6 Å². The van der Waals surface area contributed by atoms with Crippen molar-refractivity contribution in [3.05, 3.63) is 46.7 Å². The number of benzene rings is 1. The lowest BCUT2D eigenvalue weighted by atomic mass is 10.0. The number of rotatable bonds is 4. The first-order valence-corrected chi connectivity index (χ1v) is 5.82. The van der Waals surface area contributed by atoms with Crippen LogP contribution in [0.25, 0.3) is 0 Å². The second kappa shape index (κ2) is 5.23. The predicted molar refractivity (Wildman–Crippen MR) is 69.2 cm³/mol. The Balaban J connectivity index is 2.25. The molecule has 0 fully saturated rings. The molecule has 94 valence electrons. The Kier molecular flexibility index (Phi) is 3.67. The number of ether oxygens (including phenoxy) is 1. The summed E-state index contributed by atoms with van der Waals surface area (Å²) in [6, 6.07) is 5.01. The smallest absolute Gasteiger partial charge is 0.171 e. The summed E-state index contributed by atoms with van der Waals surface area (Å²) in [6.07, 6.45) is 3.77. The Bertz CT molecular complexity index is 578. The van der Waals surface area contributed by atoms with Gasteiger partial charge in [0.1, 0.15) is 5.75 Å². The van der Waals surface area contributed by atoms with E-state index in [0.717, 1.165) is 5.56 Å². The second-order valence-corrected chi connectivity index (χ2v) is 4.40. The van der Waals surface area contributed by atoms with Crippen LogP contribution in [-0.4, -0.2) is 22.7 Å². The lowest BCUT2D eigenvalue weighted by Gasteiger charge is -2.07. The number of aromatic nitrogens is 2. The average Bonchev–Trinajstić information content (AvgIpc) is 2.74. The molecule has 0 amide bonds. The Hall–Kier alpha value is -1.81. The molecule has 1 aromatic heterocycles. The van der Waals surface area contributed by atoms with E-state index >= 15 is 0 Å². The number of carbonyl (C=O) groups is 1. The first-order chi connectivity index (χ1) is 8.60. The fourth-order valence-corrected chi connectivity index (χ4v) is 1.91. The molecule has 0 aliphatic heterocycles. The van der Waals surface area contributed by atoms with Crippen molar-refractivity contribution >= 4 is 17.4 Å². The van der Waals surface area contributed by atoms with Gasteiger partial charge >= 0.3 is 0 Å². The predicted octanol–water partition coefficient (Wildman–Crippen LogP) is 2.51. The van der Waals surface area contributed by atoms with Crippen molar-refractivity contribution in [1.82, 2.24) is 9.78 Å². The molecule has 1 heterocycles. The van der Waals surface area contributed by atoms with E-state index in [9.17, 15) is 4.79 Å². The van der Waals surface area contributed by atoms with Gasteiger partial charge in [-0.3, -0.25) is 9.48 Å². The van der Waals surface area contributed by atoms with Crippen LogP contribution in [0.1, 0.15) is 15.9 Å². The van der Waals surface area contributed by atoms with Crippen molar-refractivity contribution in [3.8, 4) is 5.75 Å². The summed E-state index contributed by atoms with van der Waals surface area (Å²) in [5.41, 5.74) is 1.36. The van der Waals surface area contributed by atoms with Crippen molar-refractivity contribution in [3.63, 3.8) is 0 Å². The van der Waals surface area contributed by atoms with Gasteiger partial charge in [-0.15, -0.1) is 0 Å². The monoisotopic (exact) mass is 264 g/mol. The van der Waals surface area contributed by atoms with Crippen molar-refractivity contribution in [2.75, 3.05) is 7.11 Å². The number of Topliss-reactive ketones (excluding diaryl/α,β-unsaturated/α-hetero) is 1. The van der Waals surface area contributed by atoms with Crippen LogP contribution in [0.15, 0.2) is 30.6 Å². The molecule has 2 aromatic rings. The maximum atomic E-state index is 12.2. The fourth-order valence-electron chi connectivity index (χ4n) is 1.74. The summed E-state index contributed by atoms with van der Waals surface area (Å²) < 4.78 is 6.83. The van der Waals surface area contributed by atoms with Gasteiger partial charge in [-0.05, 0) is 23.8 Å². The van der Waals surface area contributed by atoms with Crippen LogP contribution < -0.4 is 4.74 Å². The van der Waals surface area contributed by atoms with Crippen LogP contribution in [0.4, 0.5) is 0 Å². The SMILES string of the molecule is COc1ccc(Cl)cc1C(=O)Cc1cnn(C)c1. The highest BCUT2D eigenvalue weighted by atomic mass is 35.5. The molecule has 0 saturated heterocycles. The quantitative estimate of drug-likeness (QED) is 0.797. The Labute approximate surface area is 110 Å². The van der Waals surface area contributed by atoms with Crippen LogP contribution in [-0.2, 0) is 13.5 Å². The zero-order valence-electron chi connectivity index (χ0n) is 10.2. The van der Waals surface area contributed by atoms with Gasteiger partial charge in [0.05, 0.1) is 18.9 Å². The molecule has 0 atom stereocenters. The third-order valence-corrected chi connectivity index (χ3v) is 2.82. The summed E-state index contributed by atoms with van der Waals surface area (Å²) in [5.74, 6) is 0.496. The Morgan fingerprint density at radius 3 is 2.89 bits per heavy atom. The number of hydrogen-bond acceptors (Lipinski definition) is 3. The topological polar surface area (TPSA) is 44.1 Å². The minimum absolute atomic E-state index is 0.0395. The normalized spacial score (nSPS) is 10.4. The molecule has 0 radical (unpaired) electrons. The first kappa shape index (κ1) is 12.6. The standard InChI is InChI=1S/C13H13ClN2O2/c1-16-8-9(7-15-16)5-12(17)11-6-10(14)3-4-13(11)18-2/h3-4,6-8H,5H2,1-2H3. The number of hydrogen-bond donors (Lipinski definition) is 0. The third kappa shape index (κ3) is 2.71. The molecule has 0 unspecified atom stereocenters. The Morgan fingerprint density at radius 2 is 2.28 bits per heavy atom. The number of ketones is 1. The summed E-state index contributed by atoms with van der Waals surface area (Å²) >= 11 is 5.90. The van der Waals surface area contributed by atoms with Gasteiger partial charge in [0, 0.05) is 24.7 Å². The maximum Gasteiger partial charge on any atom is 0.171 e. The van der Waals surface area contributed by atoms with E-state index in [4.69, 9.17) is 16.3 Å². The maximum absolute atomic E-state index is 12.2. The van der Waals surface area contributed by atoms with Crippen LogP contribution in [0, 0.1) is 0 Å². The molecule has 0 saturated carbocycles. The largest absolute Gasteiger partial charge is 0.496 e. The van der Waals surface area contributed by atoms with Gasteiger partial charge < -0.3 is 4.74 Å². The molecule has 0 bridgehead atoms. The fraction of sp³-hybridized carbons (Fsp3) is 0.231. The van der Waals surface area contributed by atoms with Crippen LogP contribution in [0.2, 0.25) is 5.02 Å².